The summed E-state index contributed by atoms with van der Waals surface area (Å²) in [6.45, 7) is 0. The molecule has 2 aromatic carbocycles. The molecule has 2 N–H and O–H groups in total. The number of hydrogen-bond acceptors (Lipinski definition) is 3. The standard InChI is InChI=1S/C8H7BrO2.C7H7BrO/c9-4-6-1-2-7(5-10)8(11)3-6;8-5-6-2-1-3-7(9)4-6/h1-3,5,11H,4H2;1-4,9H,5H2. The largest absolute Gasteiger partial charge is 0.508 e. The molecule has 106 valence electrons. The number of rotatable bonds is 3. The van der Waals surface area contributed by atoms with Crippen LogP contribution in [0.3, 0.4) is 0 Å². The first-order chi connectivity index (χ1) is 9.60. The third-order valence-electron chi connectivity index (χ3n) is 2.44. The summed E-state index contributed by atoms with van der Waals surface area (Å²) in [6, 6.07) is 12.1. The number of benzene rings is 2. The van der Waals surface area contributed by atoms with E-state index < -0.39 is 0 Å². The van der Waals surface area contributed by atoms with Crippen LogP contribution in [-0.2, 0) is 10.7 Å². The highest BCUT2D eigenvalue weighted by atomic mass is 79.9. The molecule has 0 bridgehead atoms. The molecule has 0 atom stereocenters. The van der Waals surface area contributed by atoms with Crippen LogP contribution in [0.1, 0.15) is 21.5 Å². The molecule has 0 spiro atoms. The zero-order chi connectivity index (χ0) is 15.0. The molecule has 20 heavy (non-hydrogen) atoms. The van der Waals surface area contributed by atoms with Crippen molar-refractivity contribution in [1.29, 1.82) is 0 Å². The number of phenols is 2. The van der Waals surface area contributed by atoms with Crippen LogP contribution < -0.4 is 0 Å². The van der Waals surface area contributed by atoms with E-state index in [0.717, 1.165) is 16.5 Å². The molecule has 0 fully saturated rings. The lowest BCUT2D eigenvalue weighted by Gasteiger charge is -1.98. The summed E-state index contributed by atoms with van der Waals surface area (Å²) < 4.78 is 0. The molecule has 0 heterocycles. The Labute approximate surface area is 134 Å². The number of halogens is 2. The number of aldehydes is 1. The third kappa shape index (κ3) is 5.35. The Morgan fingerprint density at radius 2 is 1.60 bits per heavy atom. The van der Waals surface area contributed by atoms with Crippen LogP contribution in [0, 0.1) is 0 Å². The van der Waals surface area contributed by atoms with Crippen molar-refractivity contribution in [2.45, 2.75) is 10.7 Å². The molecule has 0 saturated carbocycles. The average Bonchev–Trinajstić information content (AvgIpc) is 2.47. The summed E-state index contributed by atoms with van der Waals surface area (Å²) in [5, 5.41) is 19.6. The molecule has 0 radical (unpaired) electrons. The summed E-state index contributed by atoms with van der Waals surface area (Å²) in [5.41, 5.74) is 2.37. The van der Waals surface area contributed by atoms with Crippen LogP contribution in [0.4, 0.5) is 0 Å². The van der Waals surface area contributed by atoms with Gasteiger partial charge in [0.1, 0.15) is 11.5 Å². The molecule has 5 heteroatoms. The van der Waals surface area contributed by atoms with Crippen molar-refractivity contribution in [3.8, 4) is 11.5 Å². The topological polar surface area (TPSA) is 57.5 Å². The molecule has 3 nitrogen and oxygen atoms in total. The van der Waals surface area contributed by atoms with Crippen molar-refractivity contribution in [2.75, 3.05) is 0 Å². The van der Waals surface area contributed by atoms with Crippen LogP contribution >= 0.6 is 31.9 Å². The lowest BCUT2D eigenvalue weighted by atomic mass is 10.1. The predicted molar refractivity (Wildman–Crippen MR) is 86.9 cm³/mol. The minimum absolute atomic E-state index is 0.0388. The predicted octanol–water partition coefficient (Wildman–Crippen LogP) is 4.39. The maximum Gasteiger partial charge on any atom is 0.153 e. The van der Waals surface area contributed by atoms with Crippen LogP contribution in [-0.4, -0.2) is 16.5 Å². The second-order valence-corrected chi connectivity index (χ2v) is 5.07. The molecular weight excluding hydrogens is 388 g/mol. The number of alkyl halides is 2. The molecule has 0 saturated heterocycles. The highest BCUT2D eigenvalue weighted by Gasteiger charge is 1.99. The zero-order valence-electron chi connectivity index (χ0n) is 10.6. The van der Waals surface area contributed by atoms with Crippen LogP contribution in [0.25, 0.3) is 0 Å². The Balaban J connectivity index is 0.000000204. The summed E-state index contributed by atoms with van der Waals surface area (Å²) >= 11 is 6.52. The monoisotopic (exact) mass is 400 g/mol. The molecule has 0 aliphatic heterocycles. The van der Waals surface area contributed by atoms with Gasteiger partial charge in [-0.05, 0) is 35.4 Å². The second kappa shape index (κ2) is 8.76. The van der Waals surface area contributed by atoms with Crippen LogP contribution in [0.2, 0.25) is 0 Å². The Morgan fingerprint density at radius 3 is 2.05 bits per heavy atom. The van der Waals surface area contributed by atoms with E-state index >= 15 is 0 Å². The molecular formula is C15H14Br2O3. The maximum atomic E-state index is 10.3. The van der Waals surface area contributed by atoms with Crippen molar-refractivity contribution in [1.82, 2.24) is 0 Å². The van der Waals surface area contributed by atoms with Crippen molar-refractivity contribution in [3.63, 3.8) is 0 Å². The molecule has 0 aromatic heterocycles. The summed E-state index contributed by atoms with van der Waals surface area (Å²) in [5.74, 6) is 0.365. The van der Waals surface area contributed by atoms with Crippen LogP contribution in [0.15, 0.2) is 42.5 Å². The number of aromatic hydroxyl groups is 2. The smallest absolute Gasteiger partial charge is 0.153 e. The fourth-order valence-electron chi connectivity index (χ4n) is 1.41. The third-order valence-corrected chi connectivity index (χ3v) is 3.74. The summed E-state index contributed by atoms with van der Waals surface area (Å²) in [6.07, 6.45) is 0.632. The van der Waals surface area contributed by atoms with Gasteiger partial charge in [-0.1, -0.05) is 50.1 Å². The van der Waals surface area contributed by atoms with Gasteiger partial charge in [0, 0.05) is 10.7 Å². The van der Waals surface area contributed by atoms with Gasteiger partial charge >= 0.3 is 0 Å². The first-order valence-corrected chi connectivity index (χ1v) is 8.02. The second-order valence-electron chi connectivity index (χ2n) is 3.95. The van der Waals surface area contributed by atoms with Crippen molar-refractivity contribution in [2.24, 2.45) is 0 Å². The Morgan fingerprint density at radius 1 is 0.950 bits per heavy atom. The van der Waals surface area contributed by atoms with E-state index in [1.165, 1.54) is 0 Å². The van der Waals surface area contributed by atoms with E-state index in [-0.39, 0.29) is 5.75 Å². The normalized spacial score (nSPS) is 9.50. The van der Waals surface area contributed by atoms with Crippen molar-refractivity contribution < 1.29 is 15.0 Å². The number of phenolic OH excluding ortho intramolecular Hbond substituents is 2. The SMILES string of the molecule is O=Cc1ccc(CBr)cc1O.Oc1cccc(CBr)c1. The first kappa shape index (κ1) is 16.7. The molecule has 0 aliphatic rings. The van der Waals surface area contributed by atoms with E-state index in [1.54, 1.807) is 30.3 Å². The van der Waals surface area contributed by atoms with Gasteiger partial charge in [0.2, 0.25) is 0 Å². The maximum absolute atomic E-state index is 10.3. The van der Waals surface area contributed by atoms with E-state index in [1.807, 2.05) is 12.1 Å². The quantitative estimate of drug-likeness (QED) is 0.592. The lowest BCUT2D eigenvalue weighted by Crippen LogP contribution is -1.83. The van der Waals surface area contributed by atoms with Gasteiger partial charge in [-0.3, -0.25) is 4.79 Å². The van der Waals surface area contributed by atoms with Crippen molar-refractivity contribution in [3.05, 3.63) is 59.2 Å². The number of carbonyl (C=O) groups is 1. The highest BCUT2D eigenvalue weighted by Crippen LogP contribution is 2.18. The number of carbonyl (C=O) groups excluding carboxylic acids is 1. The lowest BCUT2D eigenvalue weighted by molar-refractivity contribution is 0.112. The summed E-state index contributed by atoms with van der Waals surface area (Å²) in [4.78, 5) is 10.3. The zero-order valence-corrected chi connectivity index (χ0v) is 13.8. The molecule has 2 rings (SSSR count). The number of hydrogen-bond donors (Lipinski definition) is 2. The van der Waals surface area contributed by atoms with Gasteiger partial charge in [-0.15, -0.1) is 0 Å². The minimum atomic E-state index is 0.0388. The Hall–Kier alpha value is -1.33. The first-order valence-electron chi connectivity index (χ1n) is 5.77. The Bertz CT molecular complexity index is 571. The van der Waals surface area contributed by atoms with E-state index in [4.69, 9.17) is 5.11 Å². The molecule has 2 aromatic rings. The van der Waals surface area contributed by atoms with Gasteiger partial charge in [0.15, 0.2) is 6.29 Å². The van der Waals surface area contributed by atoms with Gasteiger partial charge < -0.3 is 10.2 Å². The molecule has 0 aliphatic carbocycles. The van der Waals surface area contributed by atoms with Crippen LogP contribution in [0.5, 0.6) is 11.5 Å². The van der Waals surface area contributed by atoms with E-state index in [2.05, 4.69) is 31.9 Å². The van der Waals surface area contributed by atoms with Gasteiger partial charge in [-0.25, -0.2) is 0 Å². The molecule has 0 unspecified atom stereocenters. The highest BCUT2D eigenvalue weighted by molar-refractivity contribution is 9.08. The summed E-state index contributed by atoms with van der Waals surface area (Å²) in [7, 11) is 0. The molecule has 0 amide bonds. The van der Waals surface area contributed by atoms with Gasteiger partial charge in [0.25, 0.3) is 0 Å². The fourth-order valence-corrected chi connectivity index (χ4v) is 2.11. The van der Waals surface area contributed by atoms with Crippen molar-refractivity contribution >= 4 is 38.1 Å². The Kier molecular flexibility index (Phi) is 7.33. The van der Waals surface area contributed by atoms with E-state index in [0.29, 0.717) is 22.9 Å². The van der Waals surface area contributed by atoms with Gasteiger partial charge in [0.05, 0.1) is 5.56 Å². The van der Waals surface area contributed by atoms with Gasteiger partial charge in [-0.2, -0.15) is 0 Å². The fraction of sp³-hybridized carbons (Fsp3) is 0.133. The minimum Gasteiger partial charge on any atom is -0.508 e. The average molecular weight is 402 g/mol. The van der Waals surface area contributed by atoms with E-state index in [9.17, 15) is 9.90 Å².